The van der Waals surface area contributed by atoms with E-state index in [9.17, 15) is 0 Å². The fraction of sp³-hybridized carbons (Fsp3) is 0.538. The molecule has 0 radical (unpaired) electrons. The highest BCUT2D eigenvalue weighted by Crippen LogP contribution is 2.29. The smallest absolute Gasteiger partial charge is 0.123 e. The normalized spacial score (nSPS) is 23.9. The predicted molar refractivity (Wildman–Crippen MR) is 70.0 cm³/mol. The summed E-state index contributed by atoms with van der Waals surface area (Å²) < 4.78 is 7.05. The first kappa shape index (κ1) is 11.9. The third-order valence-corrected chi connectivity index (χ3v) is 3.52. The Balaban J connectivity index is 1.89. The Morgan fingerprint density at radius 2 is 2.19 bits per heavy atom. The van der Waals surface area contributed by atoms with Crippen molar-refractivity contribution in [1.82, 2.24) is 5.32 Å². The second kappa shape index (κ2) is 5.19. The van der Waals surface area contributed by atoms with Gasteiger partial charge in [-0.05, 0) is 44.0 Å². The lowest BCUT2D eigenvalue weighted by Gasteiger charge is -2.36. The molecule has 1 aliphatic rings. The van der Waals surface area contributed by atoms with E-state index in [1.165, 1.54) is 5.56 Å². The Morgan fingerprint density at radius 3 is 2.88 bits per heavy atom. The molecule has 2 rings (SSSR count). The Morgan fingerprint density at radius 1 is 1.44 bits per heavy atom. The van der Waals surface area contributed by atoms with Gasteiger partial charge in [-0.1, -0.05) is 28.9 Å². The van der Waals surface area contributed by atoms with Crippen LogP contribution in [0.4, 0.5) is 0 Å². The molecule has 0 saturated heterocycles. The average molecular weight is 284 g/mol. The van der Waals surface area contributed by atoms with Crippen LogP contribution < -0.4 is 10.1 Å². The molecule has 0 aromatic heterocycles. The standard InChI is InChI=1S/C13H18BrNO/c1-3-15-11-7-12(8-11)16-13-6-10(14)5-4-9(13)2/h4-6,11-12,15H,3,7-8H2,1-2H3. The summed E-state index contributed by atoms with van der Waals surface area (Å²) >= 11 is 3.47. The van der Waals surface area contributed by atoms with Gasteiger partial charge in [0.05, 0.1) is 0 Å². The molecule has 1 fully saturated rings. The van der Waals surface area contributed by atoms with Gasteiger partial charge in [-0.2, -0.15) is 0 Å². The number of ether oxygens (including phenoxy) is 1. The molecule has 0 unspecified atom stereocenters. The number of benzene rings is 1. The van der Waals surface area contributed by atoms with Crippen molar-refractivity contribution in [3.8, 4) is 5.75 Å². The van der Waals surface area contributed by atoms with Crippen molar-refractivity contribution in [3.63, 3.8) is 0 Å². The fourth-order valence-corrected chi connectivity index (χ4v) is 2.34. The third-order valence-electron chi connectivity index (χ3n) is 3.03. The number of aryl methyl sites for hydroxylation is 1. The lowest BCUT2D eigenvalue weighted by molar-refractivity contribution is 0.0852. The highest BCUT2D eigenvalue weighted by atomic mass is 79.9. The summed E-state index contributed by atoms with van der Waals surface area (Å²) in [4.78, 5) is 0. The minimum absolute atomic E-state index is 0.386. The summed E-state index contributed by atoms with van der Waals surface area (Å²) in [6.45, 7) is 5.28. The van der Waals surface area contributed by atoms with E-state index in [4.69, 9.17) is 4.74 Å². The van der Waals surface area contributed by atoms with Crippen molar-refractivity contribution in [2.45, 2.75) is 38.8 Å². The van der Waals surface area contributed by atoms with E-state index in [0.717, 1.165) is 29.6 Å². The summed E-state index contributed by atoms with van der Waals surface area (Å²) in [6, 6.07) is 6.84. The Bertz CT molecular complexity index is 361. The summed E-state index contributed by atoms with van der Waals surface area (Å²) in [5.74, 6) is 1.01. The van der Waals surface area contributed by atoms with Crippen molar-refractivity contribution in [2.75, 3.05) is 6.54 Å². The van der Waals surface area contributed by atoms with Crippen molar-refractivity contribution >= 4 is 15.9 Å². The number of hydrogen-bond donors (Lipinski definition) is 1. The largest absolute Gasteiger partial charge is 0.490 e. The van der Waals surface area contributed by atoms with Gasteiger partial charge < -0.3 is 10.1 Å². The van der Waals surface area contributed by atoms with Crippen molar-refractivity contribution in [1.29, 1.82) is 0 Å². The zero-order chi connectivity index (χ0) is 11.5. The van der Waals surface area contributed by atoms with Gasteiger partial charge in [-0.3, -0.25) is 0 Å². The number of hydrogen-bond acceptors (Lipinski definition) is 2. The number of rotatable bonds is 4. The van der Waals surface area contributed by atoms with Gasteiger partial charge in [0, 0.05) is 10.5 Å². The van der Waals surface area contributed by atoms with Crippen LogP contribution in [0.25, 0.3) is 0 Å². The second-order valence-electron chi connectivity index (χ2n) is 4.38. The zero-order valence-corrected chi connectivity index (χ0v) is 11.4. The molecule has 1 aliphatic carbocycles. The molecule has 0 heterocycles. The van der Waals surface area contributed by atoms with Gasteiger partial charge in [0.2, 0.25) is 0 Å². The molecule has 3 heteroatoms. The van der Waals surface area contributed by atoms with Crippen LogP contribution >= 0.6 is 15.9 Å². The molecular formula is C13H18BrNO. The molecule has 0 spiro atoms. The summed E-state index contributed by atoms with van der Waals surface area (Å²) in [5.41, 5.74) is 1.20. The monoisotopic (exact) mass is 283 g/mol. The van der Waals surface area contributed by atoms with E-state index in [-0.39, 0.29) is 0 Å². The van der Waals surface area contributed by atoms with Gasteiger partial charge in [0.1, 0.15) is 11.9 Å². The fourth-order valence-electron chi connectivity index (χ4n) is 2.00. The summed E-state index contributed by atoms with van der Waals surface area (Å²) in [5, 5.41) is 3.43. The highest BCUT2D eigenvalue weighted by molar-refractivity contribution is 9.10. The molecule has 1 aromatic rings. The first-order chi connectivity index (χ1) is 7.69. The first-order valence-electron chi connectivity index (χ1n) is 5.85. The molecule has 88 valence electrons. The van der Waals surface area contributed by atoms with Crippen LogP contribution in [0, 0.1) is 6.92 Å². The van der Waals surface area contributed by atoms with Crippen LogP contribution in [0.5, 0.6) is 5.75 Å². The maximum absolute atomic E-state index is 5.97. The van der Waals surface area contributed by atoms with Gasteiger partial charge >= 0.3 is 0 Å². The molecule has 1 saturated carbocycles. The van der Waals surface area contributed by atoms with Crippen LogP contribution in [0.3, 0.4) is 0 Å². The molecule has 2 nitrogen and oxygen atoms in total. The topological polar surface area (TPSA) is 21.3 Å². The van der Waals surface area contributed by atoms with Crippen LogP contribution in [-0.2, 0) is 0 Å². The summed E-state index contributed by atoms with van der Waals surface area (Å²) in [7, 11) is 0. The maximum atomic E-state index is 5.97. The minimum Gasteiger partial charge on any atom is -0.490 e. The van der Waals surface area contributed by atoms with E-state index in [1.807, 2.05) is 6.07 Å². The molecule has 0 atom stereocenters. The van der Waals surface area contributed by atoms with E-state index in [2.05, 4.69) is 47.2 Å². The van der Waals surface area contributed by atoms with Gasteiger partial charge in [0.25, 0.3) is 0 Å². The molecule has 1 N–H and O–H groups in total. The highest BCUT2D eigenvalue weighted by Gasteiger charge is 2.30. The SMILES string of the molecule is CCNC1CC(Oc2cc(Br)ccc2C)C1. The van der Waals surface area contributed by atoms with Gasteiger partial charge in [-0.15, -0.1) is 0 Å². The molecule has 1 aromatic carbocycles. The lowest BCUT2D eigenvalue weighted by atomic mass is 9.89. The van der Waals surface area contributed by atoms with Crippen LogP contribution in [0.15, 0.2) is 22.7 Å². The van der Waals surface area contributed by atoms with Crippen molar-refractivity contribution in [2.24, 2.45) is 0 Å². The van der Waals surface area contributed by atoms with E-state index < -0.39 is 0 Å². The zero-order valence-electron chi connectivity index (χ0n) is 9.79. The van der Waals surface area contributed by atoms with Crippen molar-refractivity contribution in [3.05, 3.63) is 28.2 Å². The molecule has 0 aliphatic heterocycles. The van der Waals surface area contributed by atoms with E-state index in [1.54, 1.807) is 0 Å². The molecule has 0 amide bonds. The molecule has 16 heavy (non-hydrogen) atoms. The Hall–Kier alpha value is -0.540. The number of nitrogens with one attached hydrogen (secondary N) is 1. The molecule has 0 bridgehead atoms. The molecular weight excluding hydrogens is 266 g/mol. The second-order valence-corrected chi connectivity index (χ2v) is 5.29. The predicted octanol–water partition coefficient (Wildman–Crippen LogP) is 3.28. The van der Waals surface area contributed by atoms with Crippen LogP contribution in [0.2, 0.25) is 0 Å². The van der Waals surface area contributed by atoms with Gasteiger partial charge in [0.15, 0.2) is 0 Å². The van der Waals surface area contributed by atoms with E-state index >= 15 is 0 Å². The first-order valence-corrected chi connectivity index (χ1v) is 6.64. The van der Waals surface area contributed by atoms with Crippen LogP contribution in [0.1, 0.15) is 25.3 Å². The maximum Gasteiger partial charge on any atom is 0.123 e. The minimum atomic E-state index is 0.386. The van der Waals surface area contributed by atoms with Gasteiger partial charge in [-0.25, -0.2) is 0 Å². The Kier molecular flexibility index (Phi) is 3.87. The lowest BCUT2D eigenvalue weighted by Crippen LogP contribution is -2.46. The number of halogens is 1. The van der Waals surface area contributed by atoms with Crippen molar-refractivity contribution < 1.29 is 4.74 Å². The van der Waals surface area contributed by atoms with Crippen LogP contribution in [-0.4, -0.2) is 18.7 Å². The Labute approximate surface area is 106 Å². The average Bonchev–Trinajstić information content (AvgIpc) is 2.20. The summed E-state index contributed by atoms with van der Waals surface area (Å²) in [6.07, 6.45) is 2.64. The quantitative estimate of drug-likeness (QED) is 0.916. The van der Waals surface area contributed by atoms with E-state index in [0.29, 0.717) is 12.1 Å². The third kappa shape index (κ3) is 2.77.